The van der Waals surface area contributed by atoms with Gasteiger partial charge < -0.3 is 10.4 Å². The van der Waals surface area contributed by atoms with E-state index in [0.29, 0.717) is 16.0 Å². The van der Waals surface area contributed by atoms with Gasteiger partial charge in [0.1, 0.15) is 5.82 Å². The second-order valence-electron chi connectivity index (χ2n) is 4.34. The maximum atomic E-state index is 13.8. The Morgan fingerprint density at radius 3 is 2.94 bits per heavy atom. The van der Waals surface area contributed by atoms with Gasteiger partial charge in [-0.3, -0.25) is 0 Å². The first-order valence-electron chi connectivity index (χ1n) is 5.63. The first kappa shape index (κ1) is 13.3. The first-order chi connectivity index (χ1) is 8.09. The van der Waals surface area contributed by atoms with Crippen molar-refractivity contribution in [1.82, 2.24) is 5.32 Å². The number of hydrogen-bond donors (Lipinski definition) is 2. The Kier molecular flexibility index (Phi) is 4.42. The number of nitrogens with one attached hydrogen (secondary N) is 1. The van der Waals surface area contributed by atoms with Crippen LogP contribution in [0, 0.1) is 11.7 Å². The summed E-state index contributed by atoms with van der Waals surface area (Å²) >= 11 is 9.09. The third-order valence-electron chi connectivity index (χ3n) is 3.14. The summed E-state index contributed by atoms with van der Waals surface area (Å²) in [5.41, 5.74) is 0.284. The van der Waals surface area contributed by atoms with Crippen molar-refractivity contribution in [2.45, 2.75) is 18.9 Å². The fourth-order valence-corrected chi connectivity index (χ4v) is 2.65. The van der Waals surface area contributed by atoms with E-state index in [1.807, 2.05) is 0 Å². The van der Waals surface area contributed by atoms with E-state index in [-0.39, 0.29) is 11.5 Å². The van der Waals surface area contributed by atoms with Crippen LogP contribution in [0.25, 0.3) is 0 Å². The minimum atomic E-state index is -0.798. The molecule has 1 aromatic rings. The molecule has 2 atom stereocenters. The van der Waals surface area contributed by atoms with Gasteiger partial charge in [0, 0.05) is 22.5 Å². The summed E-state index contributed by atoms with van der Waals surface area (Å²) < 4.78 is 14.3. The van der Waals surface area contributed by atoms with E-state index in [2.05, 4.69) is 21.2 Å². The Hall–Kier alpha value is -0.160. The van der Waals surface area contributed by atoms with Crippen molar-refractivity contribution < 1.29 is 9.50 Å². The highest BCUT2D eigenvalue weighted by Crippen LogP contribution is 2.33. The van der Waals surface area contributed by atoms with E-state index >= 15 is 0 Å². The standard InChI is InChI=1S/C12H14BrClFNO/c13-9-5-11(15)8(4-10(9)14)12(17)7-2-1-3-16-6-7/h4-5,7,12,16-17H,1-3,6H2. The summed E-state index contributed by atoms with van der Waals surface area (Å²) in [5.74, 6) is -0.366. The number of halogens is 3. The molecule has 0 aliphatic carbocycles. The highest BCUT2D eigenvalue weighted by molar-refractivity contribution is 9.10. The summed E-state index contributed by atoms with van der Waals surface area (Å²) in [4.78, 5) is 0. The topological polar surface area (TPSA) is 32.3 Å². The molecule has 2 unspecified atom stereocenters. The van der Waals surface area contributed by atoms with Crippen LogP contribution in [0.3, 0.4) is 0 Å². The van der Waals surface area contributed by atoms with Gasteiger partial charge in [-0.2, -0.15) is 0 Å². The Morgan fingerprint density at radius 2 is 2.29 bits per heavy atom. The normalized spacial score (nSPS) is 22.5. The summed E-state index contributed by atoms with van der Waals surface area (Å²) in [6, 6.07) is 2.80. The Labute approximate surface area is 113 Å². The van der Waals surface area contributed by atoms with E-state index in [0.717, 1.165) is 19.4 Å². The molecule has 2 nitrogen and oxygen atoms in total. The van der Waals surface area contributed by atoms with Crippen molar-refractivity contribution in [3.05, 3.63) is 33.0 Å². The number of rotatable bonds is 2. The molecule has 1 saturated heterocycles. The average Bonchev–Trinajstić information content (AvgIpc) is 2.34. The van der Waals surface area contributed by atoms with E-state index < -0.39 is 11.9 Å². The van der Waals surface area contributed by atoms with Crippen LogP contribution in [0.5, 0.6) is 0 Å². The zero-order chi connectivity index (χ0) is 12.4. The van der Waals surface area contributed by atoms with Gasteiger partial charge in [-0.15, -0.1) is 0 Å². The molecule has 1 aromatic carbocycles. The van der Waals surface area contributed by atoms with Crippen LogP contribution in [0.15, 0.2) is 16.6 Å². The van der Waals surface area contributed by atoms with E-state index in [1.54, 1.807) is 0 Å². The average molecular weight is 323 g/mol. The van der Waals surface area contributed by atoms with Gasteiger partial charge >= 0.3 is 0 Å². The maximum absolute atomic E-state index is 13.8. The largest absolute Gasteiger partial charge is 0.388 e. The lowest BCUT2D eigenvalue weighted by Crippen LogP contribution is -2.33. The minimum absolute atomic E-state index is 0.0514. The summed E-state index contributed by atoms with van der Waals surface area (Å²) in [7, 11) is 0. The predicted octanol–water partition coefficient (Wildman–Crippen LogP) is 3.27. The lowest BCUT2D eigenvalue weighted by molar-refractivity contribution is 0.0888. The molecule has 0 aromatic heterocycles. The highest BCUT2D eigenvalue weighted by Gasteiger charge is 2.25. The molecule has 0 bridgehead atoms. The van der Waals surface area contributed by atoms with Crippen LogP contribution in [-0.4, -0.2) is 18.2 Å². The summed E-state index contributed by atoms with van der Waals surface area (Å²) in [6.45, 7) is 1.68. The Balaban J connectivity index is 2.23. The second kappa shape index (κ2) is 5.65. The molecule has 2 rings (SSSR count). The SMILES string of the molecule is OC(c1cc(Cl)c(Br)cc1F)C1CCCNC1. The molecule has 94 valence electrons. The van der Waals surface area contributed by atoms with Crippen molar-refractivity contribution in [3.8, 4) is 0 Å². The molecule has 2 N–H and O–H groups in total. The van der Waals surface area contributed by atoms with Crippen molar-refractivity contribution in [3.63, 3.8) is 0 Å². The van der Waals surface area contributed by atoms with Crippen LogP contribution in [0.1, 0.15) is 24.5 Å². The van der Waals surface area contributed by atoms with E-state index in [9.17, 15) is 9.50 Å². The number of benzene rings is 1. The highest BCUT2D eigenvalue weighted by atomic mass is 79.9. The molecule has 1 aliphatic rings. The molecule has 0 radical (unpaired) electrons. The van der Waals surface area contributed by atoms with E-state index in [1.165, 1.54) is 12.1 Å². The second-order valence-corrected chi connectivity index (χ2v) is 5.60. The van der Waals surface area contributed by atoms with Crippen molar-refractivity contribution in [2.24, 2.45) is 5.92 Å². The monoisotopic (exact) mass is 321 g/mol. The van der Waals surface area contributed by atoms with Crippen molar-refractivity contribution >= 4 is 27.5 Å². The van der Waals surface area contributed by atoms with Crippen molar-refractivity contribution in [2.75, 3.05) is 13.1 Å². The zero-order valence-electron chi connectivity index (χ0n) is 9.22. The van der Waals surface area contributed by atoms with Gasteiger partial charge in [-0.05, 0) is 47.4 Å². The number of aliphatic hydroxyl groups is 1. The van der Waals surface area contributed by atoms with Crippen LogP contribution in [-0.2, 0) is 0 Å². The zero-order valence-corrected chi connectivity index (χ0v) is 11.6. The predicted molar refractivity (Wildman–Crippen MR) is 69.7 cm³/mol. The molecule has 0 spiro atoms. The quantitative estimate of drug-likeness (QED) is 0.819. The lowest BCUT2D eigenvalue weighted by Gasteiger charge is -2.27. The third kappa shape index (κ3) is 2.99. The smallest absolute Gasteiger partial charge is 0.130 e. The van der Waals surface area contributed by atoms with Crippen molar-refractivity contribution in [1.29, 1.82) is 0 Å². The number of piperidine rings is 1. The fourth-order valence-electron chi connectivity index (χ4n) is 2.17. The molecular weight excluding hydrogens is 308 g/mol. The molecule has 1 fully saturated rings. The number of aliphatic hydroxyl groups excluding tert-OH is 1. The van der Waals surface area contributed by atoms with Gasteiger partial charge in [0.2, 0.25) is 0 Å². The Morgan fingerprint density at radius 1 is 1.53 bits per heavy atom. The van der Waals surface area contributed by atoms with Crippen LogP contribution in [0.4, 0.5) is 4.39 Å². The van der Waals surface area contributed by atoms with Gasteiger partial charge in [-0.1, -0.05) is 11.6 Å². The summed E-state index contributed by atoms with van der Waals surface area (Å²) in [5, 5.41) is 13.8. The van der Waals surface area contributed by atoms with Gasteiger partial charge in [0.05, 0.1) is 11.1 Å². The maximum Gasteiger partial charge on any atom is 0.130 e. The van der Waals surface area contributed by atoms with Gasteiger partial charge in [-0.25, -0.2) is 4.39 Å². The van der Waals surface area contributed by atoms with Gasteiger partial charge in [0.15, 0.2) is 0 Å². The van der Waals surface area contributed by atoms with E-state index in [4.69, 9.17) is 11.6 Å². The Bertz CT molecular complexity index is 410. The molecular formula is C12H14BrClFNO. The summed E-state index contributed by atoms with van der Waals surface area (Å²) in [6.07, 6.45) is 1.11. The number of hydrogen-bond acceptors (Lipinski definition) is 2. The molecule has 5 heteroatoms. The molecule has 1 aliphatic heterocycles. The third-order valence-corrected chi connectivity index (χ3v) is 4.34. The molecule has 17 heavy (non-hydrogen) atoms. The van der Waals surface area contributed by atoms with Gasteiger partial charge in [0.25, 0.3) is 0 Å². The fraction of sp³-hybridized carbons (Fsp3) is 0.500. The van der Waals surface area contributed by atoms with Crippen LogP contribution in [0.2, 0.25) is 5.02 Å². The first-order valence-corrected chi connectivity index (χ1v) is 6.80. The molecule has 0 saturated carbocycles. The molecule has 0 amide bonds. The lowest BCUT2D eigenvalue weighted by atomic mass is 9.89. The van der Waals surface area contributed by atoms with Crippen LogP contribution >= 0.6 is 27.5 Å². The minimum Gasteiger partial charge on any atom is -0.388 e. The van der Waals surface area contributed by atoms with Crippen LogP contribution < -0.4 is 5.32 Å². The molecule has 1 heterocycles.